The minimum atomic E-state index is -0.0874. The average molecular weight is 358 g/mol. The summed E-state index contributed by atoms with van der Waals surface area (Å²) in [5.41, 5.74) is 10.3. The van der Waals surface area contributed by atoms with Crippen molar-refractivity contribution in [1.82, 2.24) is 14.9 Å². The van der Waals surface area contributed by atoms with E-state index in [9.17, 15) is 4.79 Å². The molecule has 4 rings (SSSR count). The number of nitrogens with zero attached hydrogens (tertiary/aromatic N) is 3. The van der Waals surface area contributed by atoms with Crippen molar-refractivity contribution in [2.24, 2.45) is 0 Å². The maximum atomic E-state index is 13.4. The van der Waals surface area contributed by atoms with Crippen molar-refractivity contribution in [3.8, 4) is 11.3 Å². The van der Waals surface area contributed by atoms with Crippen molar-refractivity contribution in [2.45, 2.75) is 25.3 Å². The van der Waals surface area contributed by atoms with Crippen LogP contribution in [0.3, 0.4) is 0 Å². The summed E-state index contributed by atoms with van der Waals surface area (Å²) in [5, 5.41) is 0. The van der Waals surface area contributed by atoms with Crippen LogP contribution in [0, 0.1) is 0 Å². The average Bonchev–Trinajstić information content (AvgIpc) is 2.73. The highest BCUT2D eigenvalue weighted by atomic mass is 16.2. The highest BCUT2D eigenvalue weighted by Crippen LogP contribution is 2.35. The molecule has 0 saturated carbocycles. The number of amides is 1. The molecule has 0 fully saturated rings. The molecule has 5 nitrogen and oxygen atoms in total. The standard InChI is InChI=1S/C22H22N4O/c1-26(19-13-7-11-15-8-5-6-12-17(15)19)21(27)18-14-24-22(23)25-20(18)16-9-3-2-4-10-16/h2-6,8-10,12,14,19H,7,11,13H2,1H3,(H2,23,24,25). The fraction of sp³-hybridized carbons (Fsp3) is 0.227. The Balaban J connectivity index is 1.72. The third-order valence-electron chi connectivity index (χ3n) is 5.21. The van der Waals surface area contributed by atoms with Gasteiger partial charge in [-0.05, 0) is 30.4 Å². The van der Waals surface area contributed by atoms with Gasteiger partial charge in [0.1, 0.15) is 0 Å². The Morgan fingerprint density at radius 1 is 1.11 bits per heavy atom. The third-order valence-corrected chi connectivity index (χ3v) is 5.21. The molecule has 0 aliphatic heterocycles. The van der Waals surface area contributed by atoms with Crippen LogP contribution in [0.15, 0.2) is 60.8 Å². The lowest BCUT2D eigenvalue weighted by Crippen LogP contribution is -2.34. The summed E-state index contributed by atoms with van der Waals surface area (Å²) in [6.45, 7) is 0. The van der Waals surface area contributed by atoms with Crippen LogP contribution < -0.4 is 5.73 Å². The maximum absolute atomic E-state index is 13.4. The highest BCUT2D eigenvalue weighted by molar-refractivity contribution is 6.00. The van der Waals surface area contributed by atoms with E-state index in [0.29, 0.717) is 11.3 Å². The van der Waals surface area contributed by atoms with Gasteiger partial charge in [-0.25, -0.2) is 9.97 Å². The lowest BCUT2D eigenvalue weighted by Gasteiger charge is -2.33. The fourth-order valence-corrected chi connectivity index (χ4v) is 3.83. The SMILES string of the molecule is CN(C(=O)c1cnc(N)nc1-c1ccccc1)C1CCCc2ccccc21. The van der Waals surface area contributed by atoms with Gasteiger partial charge < -0.3 is 10.6 Å². The number of benzene rings is 2. The third kappa shape index (κ3) is 3.28. The van der Waals surface area contributed by atoms with Crippen molar-refractivity contribution < 1.29 is 4.79 Å². The maximum Gasteiger partial charge on any atom is 0.257 e. The first kappa shape index (κ1) is 17.2. The second kappa shape index (κ2) is 7.19. The van der Waals surface area contributed by atoms with Crippen LogP contribution in [0.4, 0.5) is 5.95 Å². The summed E-state index contributed by atoms with van der Waals surface area (Å²) in [5.74, 6) is 0.0756. The Hall–Kier alpha value is -3.21. The van der Waals surface area contributed by atoms with Crippen LogP contribution >= 0.6 is 0 Å². The zero-order valence-electron chi connectivity index (χ0n) is 15.3. The fourth-order valence-electron chi connectivity index (χ4n) is 3.83. The van der Waals surface area contributed by atoms with E-state index < -0.39 is 0 Å². The van der Waals surface area contributed by atoms with Gasteiger partial charge in [-0.2, -0.15) is 0 Å². The van der Waals surface area contributed by atoms with Crippen LogP contribution in [-0.4, -0.2) is 27.8 Å². The van der Waals surface area contributed by atoms with Gasteiger partial charge in [-0.3, -0.25) is 4.79 Å². The molecule has 1 aliphatic carbocycles. The molecule has 1 aliphatic rings. The molecule has 2 aromatic carbocycles. The van der Waals surface area contributed by atoms with Crippen molar-refractivity contribution in [3.63, 3.8) is 0 Å². The molecule has 5 heteroatoms. The van der Waals surface area contributed by atoms with Gasteiger partial charge in [0, 0.05) is 18.8 Å². The molecule has 1 unspecified atom stereocenters. The zero-order chi connectivity index (χ0) is 18.8. The van der Waals surface area contributed by atoms with Gasteiger partial charge in [0.15, 0.2) is 0 Å². The monoisotopic (exact) mass is 358 g/mol. The number of carbonyl (C=O) groups excluding carboxylic acids is 1. The molecule has 1 amide bonds. The summed E-state index contributed by atoms with van der Waals surface area (Å²) in [6.07, 6.45) is 4.63. The smallest absolute Gasteiger partial charge is 0.257 e. The summed E-state index contributed by atoms with van der Waals surface area (Å²) in [4.78, 5) is 23.6. The van der Waals surface area contributed by atoms with Gasteiger partial charge >= 0.3 is 0 Å². The van der Waals surface area contributed by atoms with E-state index >= 15 is 0 Å². The Kier molecular flexibility index (Phi) is 4.59. The van der Waals surface area contributed by atoms with Crippen molar-refractivity contribution in [3.05, 3.63) is 77.5 Å². The number of nitrogen functional groups attached to an aromatic ring is 1. The second-order valence-electron chi connectivity index (χ2n) is 6.88. The van der Waals surface area contributed by atoms with Crippen LogP contribution in [0.5, 0.6) is 0 Å². The minimum Gasteiger partial charge on any atom is -0.368 e. The summed E-state index contributed by atoms with van der Waals surface area (Å²) in [6, 6.07) is 18.1. The molecule has 136 valence electrons. The number of fused-ring (bicyclic) bond motifs is 1. The lowest BCUT2D eigenvalue weighted by molar-refractivity contribution is 0.0715. The van der Waals surface area contributed by atoms with E-state index in [1.54, 1.807) is 0 Å². The molecule has 27 heavy (non-hydrogen) atoms. The number of hydrogen-bond donors (Lipinski definition) is 1. The first-order valence-electron chi connectivity index (χ1n) is 9.18. The quantitative estimate of drug-likeness (QED) is 0.771. The van der Waals surface area contributed by atoms with E-state index in [1.165, 1.54) is 17.3 Å². The lowest BCUT2D eigenvalue weighted by atomic mass is 9.86. The van der Waals surface area contributed by atoms with Gasteiger partial charge in [-0.15, -0.1) is 0 Å². The number of nitrogens with two attached hydrogens (primary N) is 1. The van der Waals surface area contributed by atoms with Crippen LogP contribution in [0.1, 0.15) is 40.4 Å². The normalized spacial score (nSPS) is 15.8. The molecular weight excluding hydrogens is 336 g/mol. The predicted octanol–water partition coefficient (Wildman–Crippen LogP) is 3.88. The molecule has 0 spiro atoms. The zero-order valence-corrected chi connectivity index (χ0v) is 15.3. The Bertz CT molecular complexity index is 971. The van der Waals surface area contributed by atoms with E-state index in [1.807, 2.05) is 48.3 Å². The summed E-state index contributed by atoms with van der Waals surface area (Å²) < 4.78 is 0. The van der Waals surface area contributed by atoms with Gasteiger partial charge in [-0.1, -0.05) is 54.6 Å². The van der Waals surface area contributed by atoms with Crippen molar-refractivity contribution in [2.75, 3.05) is 12.8 Å². The Labute approximate surface area is 158 Å². The molecule has 1 atom stereocenters. The molecule has 1 heterocycles. The molecular formula is C22H22N4O. The van der Waals surface area contributed by atoms with Crippen molar-refractivity contribution >= 4 is 11.9 Å². The van der Waals surface area contributed by atoms with Crippen molar-refractivity contribution in [1.29, 1.82) is 0 Å². The van der Waals surface area contributed by atoms with E-state index in [-0.39, 0.29) is 17.9 Å². The molecule has 0 saturated heterocycles. The van der Waals surface area contributed by atoms with Crippen LogP contribution in [-0.2, 0) is 6.42 Å². The van der Waals surface area contributed by atoms with Crippen LogP contribution in [0.2, 0.25) is 0 Å². The second-order valence-corrected chi connectivity index (χ2v) is 6.88. The highest BCUT2D eigenvalue weighted by Gasteiger charge is 2.29. The Morgan fingerprint density at radius 2 is 1.85 bits per heavy atom. The number of rotatable bonds is 3. The van der Waals surface area contributed by atoms with E-state index in [4.69, 9.17) is 5.73 Å². The largest absolute Gasteiger partial charge is 0.368 e. The van der Waals surface area contributed by atoms with Crippen LogP contribution in [0.25, 0.3) is 11.3 Å². The molecule has 0 radical (unpaired) electrons. The molecule has 3 aromatic rings. The summed E-state index contributed by atoms with van der Waals surface area (Å²) >= 11 is 0. The van der Waals surface area contributed by atoms with Gasteiger partial charge in [0.2, 0.25) is 5.95 Å². The first-order valence-corrected chi connectivity index (χ1v) is 9.18. The number of carbonyl (C=O) groups is 1. The first-order chi connectivity index (χ1) is 13.1. The van der Waals surface area contributed by atoms with E-state index in [2.05, 4.69) is 28.2 Å². The van der Waals surface area contributed by atoms with Gasteiger partial charge in [0.05, 0.1) is 17.3 Å². The number of hydrogen-bond acceptors (Lipinski definition) is 4. The summed E-state index contributed by atoms with van der Waals surface area (Å²) in [7, 11) is 1.86. The molecule has 0 bridgehead atoms. The molecule has 1 aromatic heterocycles. The van der Waals surface area contributed by atoms with E-state index in [0.717, 1.165) is 24.8 Å². The number of aryl methyl sites for hydroxylation is 1. The Morgan fingerprint density at radius 3 is 2.67 bits per heavy atom. The number of aromatic nitrogens is 2. The minimum absolute atomic E-state index is 0.0589. The van der Waals surface area contributed by atoms with Gasteiger partial charge in [0.25, 0.3) is 5.91 Å². The molecule has 2 N–H and O–H groups in total. The topological polar surface area (TPSA) is 72.1 Å². The predicted molar refractivity (Wildman–Crippen MR) is 106 cm³/mol. The number of anilines is 1.